The van der Waals surface area contributed by atoms with Gasteiger partial charge in [0.25, 0.3) is 0 Å². The molecule has 0 fully saturated rings. The van der Waals surface area contributed by atoms with Crippen LogP contribution >= 0.6 is 23.4 Å². The molecule has 3 heteroatoms. The van der Waals surface area contributed by atoms with Crippen LogP contribution in [0.2, 0.25) is 5.02 Å². The Kier molecular flexibility index (Phi) is 4.66. The fourth-order valence-corrected chi connectivity index (χ4v) is 3.94. The molecule has 1 heterocycles. The normalized spacial score (nSPS) is 17.1. The molecule has 3 rings (SSSR count). The van der Waals surface area contributed by atoms with Crippen LogP contribution in [0.15, 0.2) is 53.4 Å². The maximum absolute atomic E-state index is 5.89. The Morgan fingerprint density at radius 3 is 2.75 bits per heavy atom. The molecule has 2 aromatic rings. The molecule has 1 aliphatic rings. The summed E-state index contributed by atoms with van der Waals surface area (Å²) >= 11 is 7.87. The number of fused-ring (bicyclic) bond motifs is 1. The van der Waals surface area contributed by atoms with Crippen molar-refractivity contribution >= 4 is 23.4 Å². The number of hydrogen-bond donors (Lipinski definition) is 1. The maximum Gasteiger partial charge on any atom is 0.0406 e. The van der Waals surface area contributed by atoms with Gasteiger partial charge in [-0.25, -0.2) is 0 Å². The zero-order valence-electron chi connectivity index (χ0n) is 11.3. The third-order valence-corrected chi connectivity index (χ3v) is 5.20. The average molecular weight is 304 g/mol. The van der Waals surface area contributed by atoms with Gasteiger partial charge in [0, 0.05) is 28.1 Å². The lowest BCUT2D eigenvalue weighted by Crippen LogP contribution is -2.23. The van der Waals surface area contributed by atoms with Crippen LogP contribution in [-0.2, 0) is 6.42 Å². The van der Waals surface area contributed by atoms with Gasteiger partial charge in [-0.15, -0.1) is 11.8 Å². The first kappa shape index (κ1) is 14.0. The third-order valence-electron chi connectivity index (χ3n) is 3.69. The van der Waals surface area contributed by atoms with E-state index < -0.39 is 0 Å². The van der Waals surface area contributed by atoms with E-state index in [1.165, 1.54) is 21.8 Å². The number of rotatable bonds is 5. The maximum atomic E-state index is 5.89. The average Bonchev–Trinajstić information content (AvgIpc) is 2.89. The first-order chi connectivity index (χ1) is 9.83. The predicted molar refractivity (Wildman–Crippen MR) is 87.9 cm³/mol. The van der Waals surface area contributed by atoms with Crippen LogP contribution in [0.4, 0.5) is 0 Å². The molecule has 0 amide bonds. The van der Waals surface area contributed by atoms with Gasteiger partial charge >= 0.3 is 0 Å². The van der Waals surface area contributed by atoms with Crippen molar-refractivity contribution in [2.24, 2.45) is 0 Å². The summed E-state index contributed by atoms with van der Waals surface area (Å²) in [4.78, 5) is 1.46. The summed E-state index contributed by atoms with van der Waals surface area (Å²) in [5.74, 6) is 1.86. The molecular weight excluding hydrogens is 286 g/mol. The largest absolute Gasteiger partial charge is 0.316 e. The van der Waals surface area contributed by atoms with Gasteiger partial charge < -0.3 is 5.32 Å². The fourth-order valence-electron chi connectivity index (χ4n) is 2.56. The Hall–Kier alpha value is -0.960. The summed E-state index contributed by atoms with van der Waals surface area (Å²) in [7, 11) is 0. The van der Waals surface area contributed by atoms with Crippen molar-refractivity contribution in [3.05, 3.63) is 64.7 Å². The van der Waals surface area contributed by atoms with Gasteiger partial charge in [0.2, 0.25) is 0 Å². The lowest BCUT2D eigenvalue weighted by atomic mass is 10.0. The van der Waals surface area contributed by atoms with Crippen LogP contribution in [0.1, 0.15) is 17.0 Å². The summed E-state index contributed by atoms with van der Waals surface area (Å²) in [6.07, 6.45) is 1.05. The van der Waals surface area contributed by atoms with E-state index in [0.29, 0.717) is 5.92 Å². The molecule has 0 saturated carbocycles. The molecule has 1 N–H and O–H groups in total. The lowest BCUT2D eigenvalue weighted by Gasteiger charge is -2.12. The SMILES string of the molecule is Clc1ccc(CCNCC2CSc3ccccc32)cc1. The predicted octanol–water partition coefficient (Wildman–Crippen LogP) is 4.36. The fraction of sp³-hybridized carbons (Fsp3) is 0.294. The van der Waals surface area contributed by atoms with Gasteiger partial charge in [-0.05, 0) is 42.3 Å². The highest BCUT2D eigenvalue weighted by Crippen LogP contribution is 2.38. The molecule has 0 saturated heterocycles. The Labute approximate surface area is 129 Å². The van der Waals surface area contributed by atoms with E-state index in [9.17, 15) is 0 Å². The summed E-state index contributed by atoms with van der Waals surface area (Å²) in [5.41, 5.74) is 2.85. The van der Waals surface area contributed by atoms with Crippen LogP contribution in [-0.4, -0.2) is 18.8 Å². The number of benzene rings is 2. The quantitative estimate of drug-likeness (QED) is 0.824. The minimum absolute atomic E-state index is 0.654. The molecule has 0 aromatic heterocycles. The van der Waals surface area contributed by atoms with Crippen LogP contribution < -0.4 is 5.32 Å². The molecule has 0 spiro atoms. The van der Waals surface area contributed by atoms with E-state index >= 15 is 0 Å². The molecule has 0 bridgehead atoms. The Balaban J connectivity index is 1.46. The van der Waals surface area contributed by atoms with Crippen molar-refractivity contribution in [3.63, 3.8) is 0 Å². The Morgan fingerprint density at radius 2 is 1.90 bits per heavy atom. The van der Waals surface area contributed by atoms with E-state index in [1.54, 1.807) is 0 Å². The summed E-state index contributed by atoms with van der Waals surface area (Å²) in [5, 5.41) is 4.39. The summed E-state index contributed by atoms with van der Waals surface area (Å²) < 4.78 is 0. The van der Waals surface area contributed by atoms with Gasteiger partial charge in [-0.1, -0.05) is 41.9 Å². The lowest BCUT2D eigenvalue weighted by molar-refractivity contribution is 0.621. The van der Waals surface area contributed by atoms with Crippen LogP contribution in [0.25, 0.3) is 0 Å². The molecule has 1 nitrogen and oxygen atoms in total. The van der Waals surface area contributed by atoms with Crippen LogP contribution in [0.3, 0.4) is 0 Å². The van der Waals surface area contributed by atoms with Gasteiger partial charge in [0.05, 0.1) is 0 Å². The van der Waals surface area contributed by atoms with Crippen molar-refractivity contribution in [3.8, 4) is 0 Å². The van der Waals surface area contributed by atoms with E-state index in [4.69, 9.17) is 11.6 Å². The molecular formula is C17H18ClNS. The minimum Gasteiger partial charge on any atom is -0.316 e. The Morgan fingerprint density at radius 1 is 1.10 bits per heavy atom. The third kappa shape index (κ3) is 3.38. The number of hydrogen-bond acceptors (Lipinski definition) is 2. The smallest absolute Gasteiger partial charge is 0.0406 e. The number of nitrogens with one attached hydrogen (secondary N) is 1. The van der Waals surface area contributed by atoms with Gasteiger partial charge in [-0.3, -0.25) is 0 Å². The second-order valence-electron chi connectivity index (χ2n) is 5.13. The zero-order chi connectivity index (χ0) is 13.8. The molecule has 1 atom stereocenters. The van der Waals surface area contributed by atoms with E-state index in [2.05, 4.69) is 41.7 Å². The summed E-state index contributed by atoms with van der Waals surface area (Å²) in [6.45, 7) is 2.09. The zero-order valence-corrected chi connectivity index (χ0v) is 12.9. The monoisotopic (exact) mass is 303 g/mol. The first-order valence-corrected chi connectivity index (χ1v) is 8.36. The second kappa shape index (κ2) is 6.66. The number of halogens is 1. The number of thioether (sulfide) groups is 1. The van der Waals surface area contributed by atoms with Crippen LogP contribution in [0, 0.1) is 0 Å². The van der Waals surface area contributed by atoms with E-state index in [-0.39, 0.29) is 0 Å². The molecule has 20 heavy (non-hydrogen) atoms. The highest BCUT2D eigenvalue weighted by molar-refractivity contribution is 7.99. The van der Waals surface area contributed by atoms with E-state index in [0.717, 1.165) is 24.5 Å². The second-order valence-corrected chi connectivity index (χ2v) is 6.62. The molecule has 0 radical (unpaired) electrons. The van der Waals surface area contributed by atoms with Gasteiger partial charge in [0.1, 0.15) is 0 Å². The first-order valence-electron chi connectivity index (χ1n) is 7.00. The van der Waals surface area contributed by atoms with Crippen molar-refractivity contribution in [1.29, 1.82) is 0 Å². The molecule has 104 valence electrons. The molecule has 1 aliphatic heterocycles. The topological polar surface area (TPSA) is 12.0 Å². The molecule has 2 aromatic carbocycles. The summed E-state index contributed by atoms with van der Waals surface area (Å²) in [6, 6.07) is 16.9. The van der Waals surface area contributed by atoms with Crippen molar-refractivity contribution in [2.75, 3.05) is 18.8 Å². The molecule has 0 aliphatic carbocycles. The van der Waals surface area contributed by atoms with Crippen molar-refractivity contribution in [2.45, 2.75) is 17.2 Å². The van der Waals surface area contributed by atoms with Crippen molar-refractivity contribution < 1.29 is 0 Å². The highest BCUT2D eigenvalue weighted by Gasteiger charge is 2.21. The highest BCUT2D eigenvalue weighted by atomic mass is 35.5. The van der Waals surface area contributed by atoms with E-state index in [1.807, 2.05) is 23.9 Å². The molecule has 1 unspecified atom stereocenters. The van der Waals surface area contributed by atoms with Crippen molar-refractivity contribution in [1.82, 2.24) is 5.32 Å². The van der Waals surface area contributed by atoms with Crippen LogP contribution in [0.5, 0.6) is 0 Å². The Bertz CT molecular complexity index is 567. The van der Waals surface area contributed by atoms with Gasteiger partial charge in [-0.2, -0.15) is 0 Å². The standard InChI is InChI=1S/C17H18ClNS/c18-15-7-5-13(6-8-15)9-10-19-11-14-12-20-17-4-2-1-3-16(14)17/h1-8,14,19H,9-12H2. The van der Waals surface area contributed by atoms with Gasteiger partial charge in [0.15, 0.2) is 0 Å². The minimum atomic E-state index is 0.654.